The standard InChI is InChI=1S/C12H20N5O8P.2Na/c13-12-15-10-9(11(20)16-12)14-5-17(10)1-8(25-3-7(19)2-18)4-24-6-26(21,22)23;;/h5,7-8,18-19H,1-4,6H2,(H2,21,22,23)(H3,13,15,16,20);;/q;2*+1/p-2/t7?,8-;;/m0../s1. The van der Waals surface area contributed by atoms with Crippen molar-refractivity contribution in [3.05, 3.63) is 16.7 Å². The van der Waals surface area contributed by atoms with Crippen LogP contribution in [-0.4, -0.2) is 68.1 Å². The monoisotopic (exact) mass is 437 g/mol. The number of aromatic nitrogens is 4. The molecule has 0 saturated heterocycles. The third-order valence-corrected chi connectivity index (χ3v) is 3.68. The van der Waals surface area contributed by atoms with Gasteiger partial charge in [-0.1, -0.05) is 0 Å². The number of imidazole rings is 1. The fourth-order valence-electron chi connectivity index (χ4n) is 2.07. The van der Waals surface area contributed by atoms with Gasteiger partial charge in [0, 0.05) is 0 Å². The van der Waals surface area contributed by atoms with E-state index in [2.05, 4.69) is 15.0 Å². The van der Waals surface area contributed by atoms with Gasteiger partial charge in [0.25, 0.3) is 5.56 Å². The molecule has 28 heavy (non-hydrogen) atoms. The summed E-state index contributed by atoms with van der Waals surface area (Å²) in [6.07, 6.45) is -1.70. The van der Waals surface area contributed by atoms with Crippen LogP contribution in [0.5, 0.6) is 0 Å². The van der Waals surface area contributed by atoms with E-state index in [0.717, 1.165) is 0 Å². The summed E-state index contributed by atoms with van der Waals surface area (Å²) in [7, 11) is -4.85. The van der Waals surface area contributed by atoms with Gasteiger partial charge in [0.05, 0.1) is 45.1 Å². The fraction of sp³-hybridized carbons (Fsp3) is 0.583. The maximum atomic E-state index is 11.8. The molecule has 2 aromatic heterocycles. The fourth-order valence-corrected chi connectivity index (χ4v) is 2.40. The van der Waals surface area contributed by atoms with Gasteiger partial charge in [0.15, 0.2) is 11.2 Å². The third-order valence-electron chi connectivity index (χ3n) is 3.18. The van der Waals surface area contributed by atoms with Crippen LogP contribution in [0.4, 0.5) is 5.95 Å². The first-order chi connectivity index (χ1) is 12.2. The van der Waals surface area contributed by atoms with Crippen LogP contribution in [0.15, 0.2) is 11.1 Å². The van der Waals surface area contributed by atoms with Crippen molar-refractivity contribution in [3.63, 3.8) is 0 Å². The molecule has 146 valence electrons. The van der Waals surface area contributed by atoms with Crippen molar-refractivity contribution in [2.45, 2.75) is 18.8 Å². The minimum atomic E-state index is -4.85. The molecule has 0 spiro atoms. The molecule has 0 amide bonds. The first-order valence-electron chi connectivity index (χ1n) is 7.39. The Morgan fingerprint density at radius 2 is 2.04 bits per heavy atom. The molecule has 0 aromatic carbocycles. The topological polar surface area (TPSA) is 212 Å². The molecule has 2 aromatic rings. The maximum absolute atomic E-state index is 11.8. The van der Waals surface area contributed by atoms with Crippen molar-refractivity contribution < 1.29 is 93.2 Å². The van der Waals surface area contributed by atoms with E-state index < -0.39 is 38.3 Å². The molecular weight excluding hydrogens is 419 g/mol. The van der Waals surface area contributed by atoms with Crippen molar-refractivity contribution in [1.82, 2.24) is 19.5 Å². The predicted octanol–water partition coefficient (Wildman–Crippen LogP) is -9.66. The van der Waals surface area contributed by atoms with E-state index in [-0.39, 0.29) is 96.0 Å². The SMILES string of the molecule is Nc1nc2c(ncn2C[C@@H](COCP(=O)([O-])[O-])OCC(O)CO)c(=O)[nH]1.[Na+].[Na+]. The van der Waals surface area contributed by atoms with Gasteiger partial charge in [-0.3, -0.25) is 9.78 Å². The second-order valence-corrected chi connectivity index (χ2v) is 6.90. The molecule has 0 aliphatic heterocycles. The minimum Gasteiger partial charge on any atom is -0.809 e. The normalized spacial score (nSPS) is 13.6. The number of rotatable bonds is 10. The quantitative estimate of drug-likeness (QED) is 0.202. The molecule has 0 bridgehead atoms. The van der Waals surface area contributed by atoms with Gasteiger partial charge in [-0.2, -0.15) is 4.98 Å². The number of aliphatic hydroxyl groups excluding tert-OH is 2. The Balaban J connectivity index is 0.00000364. The van der Waals surface area contributed by atoms with Crippen molar-refractivity contribution >= 4 is 24.7 Å². The van der Waals surface area contributed by atoms with Crippen LogP contribution in [-0.2, 0) is 20.6 Å². The second-order valence-electron chi connectivity index (χ2n) is 5.42. The van der Waals surface area contributed by atoms with Crippen LogP contribution in [0, 0.1) is 0 Å². The van der Waals surface area contributed by atoms with E-state index in [9.17, 15) is 24.3 Å². The zero-order valence-electron chi connectivity index (χ0n) is 15.5. The van der Waals surface area contributed by atoms with Crippen LogP contribution in [0.2, 0.25) is 0 Å². The van der Waals surface area contributed by atoms with Crippen LogP contribution >= 0.6 is 7.60 Å². The number of nitrogens with one attached hydrogen (secondary N) is 1. The molecule has 0 radical (unpaired) electrons. The van der Waals surface area contributed by atoms with Crippen LogP contribution in [0.1, 0.15) is 0 Å². The number of ether oxygens (including phenoxy) is 2. The molecular formula is C12H18N5Na2O8P. The van der Waals surface area contributed by atoms with Crippen molar-refractivity contribution in [2.75, 3.05) is 31.9 Å². The molecule has 5 N–H and O–H groups in total. The van der Waals surface area contributed by atoms with E-state index in [1.165, 1.54) is 10.9 Å². The maximum Gasteiger partial charge on any atom is 1.00 e. The van der Waals surface area contributed by atoms with Crippen molar-refractivity contribution in [2.24, 2.45) is 0 Å². The Kier molecular flexibility index (Phi) is 12.8. The second kappa shape index (κ2) is 12.7. The summed E-state index contributed by atoms with van der Waals surface area (Å²) in [5.41, 5.74) is 5.18. The Morgan fingerprint density at radius 3 is 2.64 bits per heavy atom. The first kappa shape index (κ1) is 28.1. The Labute approximate surface area is 203 Å². The third kappa shape index (κ3) is 8.88. The summed E-state index contributed by atoms with van der Waals surface area (Å²) in [6.45, 7) is -1.09. The van der Waals surface area contributed by atoms with Gasteiger partial charge in [0.1, 0.15) is 6.10 Å². The zero-order valence-corrected chi connectivity index (χ0v) is 20.4. The van der Waals surface area contributed by atoms with Gasteiger partial charge in [-0.05, 0) is 7.60 Å². The molecule has 13 nitrogen and oxygen atoms in total. The van der Waals surface area contributed by atoms with E-state index in [1.54, 1.807) is 0 Å². The summed E-state index contributed by atoms with van der Waals surface area (Å²) in [5.74, 6) is -0.118. The molecule has 1 unspecified atom stereocenters. The minimum absolute atomic E-state index is 0. The summed E-state index contributed by atoms with van der Waals surface area (Å²) < 4.78 is 22.3. The van der Waals surface area contributed by atoms with Gasteiger partial charge in [-0.15, -0.1) is 0 Å². The molecule has 0 aliphatic carbocycles. The van der Waals surface area contributed by atoms with Crippen molar-refractivity contribution in [3.8, 4) is 0 Å². The van der Waals surface area contributed by atoms with Crippen molar-refractivity contribution in [1.29, 1.82) is 0 Å². The van der Waals surface area contributed by atoms with E-state index in [1.807, 2.05) is 0 Å². The smallest absolute Gasteiger partial charge is 0.809 e. The molecule has 16 heteroatoms. The summed E-state index contributed by atoms with van der Waals surface area (Å²) in [6, 6.07) is 0. The number of nitrogens with zero attached hydrogens (tertiary/aromatic N) is 3. The van der Waals surface area contributed by atoms with Gasteiger partial charge >= 0.3 is 59.1 Å². The number of aromatic amines is 1. The summed E-state index contributed by atoms with van der Waals surface area (Å²) >= 11 is 0. The average Bonchev–Trinajstić information content (AvgIpc) is 2.94. The van der Waals surface area contributed by atoms with Crippen LogP contribution < -0.4 is 80.2 Å². The number of nitrogens with two attached hydrogens (primary N) is 1. The van der Waals surface area contributed by atoms with Gasteiger partial charge < -0.3 is 44.3 Å². The first-order valence-corrected chi connectivity index (χ1v) is 9.12. The molecule has 2 rings (SSSR count). The molecule has 2 atom stereocenters. The average molecular weight is 437 g/mol. The van der Waals surface area contributed by atoms with Gasteiger partial charge in [0.2, 0.25) is 5.95 Å². The molecule has 2 heterocycles. The van der Waals surface area contributed by atoms with E-state index in [0.29, 0.717) is 0 Å². The summed E-state index contributed by atoms with van der Waals surface area (Å²) in [5, 5.41) is 18.2. The predicted molar refractivity (Wildman–Crippen MR) is 83.8 cm³/mol. The molecule has 0 fully saturated rings. The Bertz CT molecular complexity index is 843. The largest absolute Gasteiger partial charge is 1.00 e. The molecule has 0 aliphatic rings. The number of H-pyrrole nitrogens is 1. The Hall–Kier alpha value is 0.140. The number of nitrogen functional groups attached to an aromatic ring is 1. The number of hydrogen-bond acceptors (Lipinski definition) is 11. The number of anilines is 1. The molecule has 0 saturated carbocycles. The Morgan fingerprint density at radius 1 is 1.36 bits per heavy atom. The number of fused-ring (bicyclic) bond motifs is 1. The van der Waals surface area contributed by atoms with E-state index >= 15 is 0 Å². The number of aliphatic hydroxyl groups is 2. The number of hydrogen-bond donors (Lipinski definition) is 4. The summed E-state index contributed by atoms with van der Waals surface area (Å²) in [4.78, 5) is 43.2. The van der Waals surface area contributed by atoms with Crippen LogP contribution in [0.25, 0.3) is 11.2 Å². The van der Waals surface area contributed by atoms with Crippen LogP contribution in [0.3, 0.4) is 0 Å². The van der Waals surface area contributed by atoms with E-state index in [4.69, 9.17) is 20.3 Å². The zero-order chi connectivity index (χ0) is 19.3. The van der Waals surface area contributed by atoms with Gasteiger partial charge in [-0.25, -0.2) is 4.98 Å².